The molecule has 1 fully saturated rings. The van der Waals surface area contributed by atoms with Gasteiger partial charge < -0.3 is 14.6 Å². The van der Waals surface area contributed by atoms with Crippen LogP contribution in [0.3, 0.4) is 0 Å². The van der Waals surface area contributed by atoms with Gasteiger partial charge in [0.15, 0.2) is 0 Å². The molecule has 0 aromatic carbocycles. The first kappa shape index (κ1) is 20.2. The van der Waals surface area contributed by atoms with Crippen molar-refractivity contribution in [1.29, 1.82) is 0 Å². The first-order chi connectivity index (χ1) is 11.2. The number of methoxy groups -OCH3 is 1. The van der Waals surface area contributed by atoms with E-state index in [9.17, 15) is 9.90 Å². The van der Waals surface area contributed by atoms with Crippen LogP contribution in [0.15, 0.2) is 12.2 Å². The van der Waals surface area contributed by atoms with E-state index in [1.807, 2.05) is 6.08 Å². The minimum Gasteiger partial charge on any atom is -0.469 e. The molecule has 134 valence electrons. The van der Waals surface area contributed by atoms with E-state index in [0.717, 1.165) is 38.5 Å². The van der Waals surface area contributed by atoms with Crippen LogP contribution in [0.4, 0.5) is 0 Å². The fourth-order valence-electron chi connectivity index (χ4n) is 2.79. The Morgan fingerprint density at radius 3 is 2.65 bits per heavy atom. The predicted molar refractivity (Wildman–Crippen MR) is 92.3 cm³/mol. The van der Waals surface area contributed by atoms with Crippen LogP contribution in [0, 0.1) is 0 Å². The van der Waals surface area contributed by atoms with Gasteiger partial charge in [0.05, 0.1) is 13.2 Å². The van der Waals surface area contributed by atoms with E-state index in [1.54, 1.807) is 0 Å². The number of unbranched alkanes of at least 4 members (excludes halogenated alkanes) is 7. The molecule has 4 nitrogen and oxygen atoms in total. The average Bonchev–Trinajstić information content (AvgIpc) is 3.32. The highest BCUT2D eigenvalue weighted by atomic mass is 16.6. The molecule has 0 spiro atoms. The lowest BCUT2D eigenvalue weighted by Gasteiger charge is -2.02. The first-order valence-electron chi connectivity index (χ1n) is 9.26. The maximum atomic E-state index is 10.9. The van der Waals surface area contributed by atoms with Gasteiger partial charge in [-0.1, -0.05) is 57.6 Å². The van der Waals surface area contributed by atoms with Gasteiger partial charge in [-0.3, -0.25) is 4.79 Å². The molecule has 3 atom stereocenters. The Kier molecular flexibility index (Phi) is 11.0. The molecule has 0 aromatic heterocycles. The van der Waals surface area contributed by atoms with E-state index in [2.05, 4.69) is 17.7 Å². The Morgan fingerprint density at radius 1 is 1.17 bits per heavy atom. The van der Waals surface area contributed by atoms with E-state index in [4.69, 9.17) is 4.74 Å². The molecule has 0 radical (unpaired) electrons. The topological polar surface area (TPSA) is 59.1 Å². The lowest BCUT2D eigenvalue weighted by Crippen LogP contribution is -2.13. The van der Waals surface area contributed by atoms with Crippen LogP contribution in [0.25, 0.3) is 0 Å². The fraction of sp³-hybridized carbons (Fsp3) is 0.842. The van der Waals surface area contributed by atoms with Gasteiger partial charge in [0.25, 0.3) is 0 Å². The predicted octanol–water partition coefficient (Wildman–Crippen LogP) is 4.15. The van der Waals surface area contributed by atoms with E-state index in [-0.39, 0.29) is 18.2 Å². The number of aliphatic hydroxyl groups excluding tert-OH is 1. The Hall–Kier alpha value is -0.870. The number of carbonyl (C=O) groups is 1. The Labute approximate surface area is 141 Å². The van der Waals surface area contributed by atoms with Crippen molar-refractivity contribution in [2.45, 2.75) is 95.9 Å². The summed E-state index contributed by atoms with van der Waals surface area (Å²) >= 11 is 0. The highest BCUT2D eigenvalue weighted by molar-refractivity contribution is 5.68. The Morgan fingerprint density at radius 2 is 1.91 bits per heavy atom. The van der Waals surface area contributed by atoms with Crippen molar-refractivity contribution in [3.8, 4) is 0 Å². The largest absolute Gasteiger partial charge is 0.469 e. The van der Waals surface area contributed by atoms with E-state index >= 15 is 0 Å². The smallest absolute Gasteiger partial charge is 0.305 e. The van der Waals surface area contributed by atoms with Gasteiger partial charge in [0.2, 0.25) is 0 Å². The highest BCUT2D eigenvalue weighted by Gasteiger charge is 2.42. The molecular weight excluding hydrogens is 292 g/mol. The number of rotatable bonds is 14. The maximum Gasteiger partial charge on any atom is 0.305 e. The van der Waals surface area contributed by atoms with Crippen LogP contribution in [0.2, 0.25) is 0 Å². The summed E-state index contributed by atoms with van der Waals surface area (Å²) in [6, 6.07) is 0. The highest BCUT2D eigenvalue weighted by Crippen LogP contribution is 2.30. The summed E-state index contributed by atoms with van der Waals surface area (Å²) in [6.45, 7) is 2.20. The van der Waals surface area contributed by atoms with E-state index < -0.39 is 6.10 Å². The standard InChI is InChI=1S/C19H34O4/c1-3-4-10-14-17-19(23-17)16(20)13-11-8-6-5-7-9-12-15-18(21)22-2/h11,13,16-17,19-20H,3-10,12,14-15H2,1-2H3/b13-11-/t16-,17+,19+/m0/s1. The summed E-state index contributed by atoms with van der Waals surface area (Å²) in [7, 11) is 1.43. The lowest BCUT2D eigenvalue weighted by atomic mass is 10.1. The molecular formula is C19H34O4. The van der Waals surface area contributed by atoms with Gasteiger partial charge in [-0.2, -0.15) is 0 Å². The van der Waals surface area contributed by atoms with Crippen LogP contribution in [0.5, 0.6) is 0 Å². The van der Waals surface area contributed by atoms with Gasteiger partial charge in [0, 0.05) is 6.42 Å². The van der Waals surface area contributed by atoms with Crippen molar-refractivity contribution in [3.05, 3.63) is 12.2 Å². The third-order valence-corrected chi connectivity index (χ3v) is 4.36. The fourth-order valence-corrected chi connectivity index (χ4v) is 2.79. The van der Waals surface area contributed by atoms with Crippen LogP contribution in [-0.2, 0) is 14.3 Å². The Balaban J connectivity index is 1.91. The SMILES string of the molecule is CCCCC[C@H]1O[C@@H]1[C@@H](O)/C=C\CCCCCCCC(=O)OC. The van der Waals surface area contributed by atoms with Gasteiger partial charge in [-0.05, 0) is 25.7 Å². The number of ether oxygens (including phenoxy) is 2. The normalized spacial score (nSPS) is 21.5. The molecule has 1 N–H and O–H groups in total. The van der Waals surface area contributed by atoms with Crippen molar-refractivity contribution < 1.29 is 19.4 Å². The summed E-state index contributed by atoms with van der Waals surface area (Å²) < 4.78 is 10.1. The molecule has 0 bridgehead atoms. The van der Waals surface area contributed by atoms with E-state index in [1.165, 1.54) is 32.8 Å². The summed E-state index contributed by atoms with van der Waals surface area (Å²) in [5, 5.41) is 10.0. The molecule has 0 unspecified atom stereocenters. The van der Waals surface area contributed by atoms with Crippen molar-refractivity contribution in [3.63, 3.8) is 0 Å². The summed E-state index contributed by atoms with van der Waals surface area (Å²) in [4.78, 5) is 10.9. The molecule has 1 heterocycles. The zero-order chi connectivity index (χ0) is 16.9. The molecule has 1 rings (SSSR count). The van der Waals surface area contributed by atoms with Crippen LogP contribution < -0.4 is 0 Å². The number of esters is 1. The second kappa shape index (κ2) is 12.5. The molecule has 1 saturated heterocycles. The maximum absolute atomic E-state index is 10.9. The van der Waals surface area contributed by atoms with Crippen LogP contribution in [-0.4, -0.2) is 36.5 Å². The quantitative estimate of drug-likeness (QED) is 0.225. The molecule has 4 heteroatoms. The van der Waals surface area contributed by atoms with Gasteiger partial charge in [-0.15, -0.1) is 0 Å². The van der Waals surface area contributed by atoms with Crippen molar-refractivity contribution in [2.24, 2.45) is 0 Å². The van der Waals surface area contributed by atoms with Crippen molar-refractivity contribution in [1.82, 2.24) is 0 Å². The number of hydrogen-bond acceptors (Lipinski definition) is 4. The van der Waals surface area contributed by atoms with E-state index in [0.29, 0.717) is 6.42 Å². The average molecular weight is 326 g/mol. The number of allylic oxidation sites excluding steroid dienone is 1. The number of carbonyl (C=O) groups excluding carboxylic acids is 1. The van der Waals surface area contributed by atoms with Crippen molar-refractivity contribution in [2.75, 3.05) is 7.11 Å². The molecule has 1 aliphatic heterocycles. The molecule has 0 saturated carbocycles. The zero-order valence-electron chi connectivity index (χ0n) is 14.8. The molecule has 0 aromatic rings. The molecule has 0 aliphatic carbocycles. The molecule has 23 heavy (non-hydrogen) atoms. The van der Waals surface area contributed by atoms with Crippen LogP contribution >= 0.6 is 0 Å². The zero-order valence-corrected chi connectivity index (χ0v) is 14.8. The third-order valence-electron chi connectivity index (χ3n) is 4.36. The lowest BCUT2D eigenvalue weighted by molar-refractivity contribution is -0.140. The number of aliphatic hydroxyl groups is 1. The number of hydrogen-bond donors (Lipinski definition) is 1. The monoisotopic (exact) mass is 326 g/mol. The molecule has 1 aliphatic rings. The summed E-state index contributed by atoms with van der Waals surface area (Å²) in [6.07, 6.45) is 15.6. The van der Waals surface area contributed by atoms with Gasteiger partial charge >= 0.3 is 5.97 Å². The van der Waals surface area contributed by atoms with Crippen molar-refractivity contribution >= 4 is 5.97 Å². The van der Waals surface area contributed by atoms with Gasteiger partial charge in [0.1, 0.15) is 12.2 Å². The Bertz CT molecular complexity index is 340. The minimum absolute atomic E-state index is 0.0291. The second-order valence-electron chi connectivity index (χ2n) is 6.44. The first-order valence-corrected chi connectivity index (χ1v) is 9.26. The van der Waals surface area contributed by atoms with Crippen LogP contribution in [0.1, 0.15) is 77.6 Å². The summed E-state index contributed by atoms with van der Waals surface area (Å²) in [5.41, 5.74) is 0. The second-order valence-corrected chi connectivity index (χ2v) is 6.44. The molecule has 0 amide bonds. The summed E-state index contributed by atoms with van der Waals surface area (Å²) in [5.74, 6) is -0.114. The minimum atomic E-state index is -0.443. The third kappa shape index (κ3) is 9.77. The van der Waals surface area contributed by atoms with Gasteiger partial charge in [-0.25, -0.2) is 0 Å². The number of epoxide rings is 1.